The van der Waals surface area contributed by atoms with Crippen molar-refractivity contribution in [3.8, 4) is 0 Å². The van der Waals surface area contributed by atoms with Crippen LogP contribution in [0.4, 0.5) is 19.0 Å². The van der Waals surface area contributed by atoms with E-state index in [4.69, 9.17) is 10.8 Å². The number of fused-ring (bicyclic) bond motifs is 2. The quantitative estimate of drug-likeness (QED) is 0.379. The number of quaternary nitrogens is 1. The number of hydrogen-bond donors (Lipinski definition) is 2. The predicted molar refractivity (Wildman–Crippen MR) is 152 cm³/mol. The molecule has 1 aliphatic carbocycles. The standard InChI is InChI=1S/C30H31F3N8O2/c31-30(32,33)24-15-25(38-40(24)22-3-1-2-4-22)36-29(43)19-7-5-18(6-8-19)28-37-27(23-16-35-13-14-41(23,28)34)20-9-10-21-11-12-26(42)39(21)17-20/h5-8,13-16,20-22H,1-4,9-12,17,34H2/p+1/t20-,21+,41?/m1/s1. The second-order valence-electron chi connectivity index (χ2n) is 11.9. The number of alkyl halides is 3. The van der Waals surface area contributed by atoms with Crippen LogP contribution in [0, 0.1) is 5.92 Å². The minimum atomic E-state index is -4.58. The van der Waals surface area contributed by atoms with Gasteiger partial charge in [-0.05, 0) is 56.4 Å². The summed E-state index contributed by atoms with van der Waals surface area (Å²) in [6, 6.07) is 7.48. The molecule has 10 nitrogen and oxygen atoms in total. The van der Waals surface area contributed by atoms with Crippen LogP contribution < -0.4 is 11.2 Å². The molecule has 1 unspecified atom stereocenters. The van der Waals surface area contributed by atoms with Crippen LogP contribution in [0.25, 0.3) is 0 Å². The van der Waals surface area contributed by atoms with Crippen molar-refractivity contribution in [1.29, 1.82) is 0 Å². The lowest BCUT2D eigenvalue weighted by Gasteiger charge is -2.35. The summed E-state index contributed by atoms with van der Waals surface area (Å²) < 4.78 is 42.0. The highest BCUT2D eigenvalue weighted by molar-refractivity contribution is 6.05. The van der Waals surface area contributed by atoms with E-state index in [1.807, 2.05) is 4.90 Å². The number of allylic oxidation sites excluding steroid dienone is 1. The zero-order valence-corrected chi connectivity index (χ0v) is 23.4. The number of carbonyl (C=O) groups is 2. The maximum atomic E-state index is 13.7. The molecule has 3 atom stereocenters. The highest BCUT2D eigenvalue weighted by Crippen LogP contribution is 2.41. The number of benzene rings is 1. The molecular weight excluding hydrogens is 561 g/mol. The maximum absolute atomic E-state index is 13.7. The summed E-state index contributed by atoms with van der Waals surface area (Å²) in [5.41, 5.74) is 1.63. The van der Waals surface area contributed by atoms with E-state index < -0.39 is 17.8 Å². The third kappa shape index (κ3) is 4.80. The van der Waals surface area contributed by atoms with Crippen LogP contribution in [-0.4, -0.2) is 55.7 Å². The summed E-state index contributed by atoms with van der Waals surface area (Å²) in [4.78, 5) is 36.7. The Labute approximate surface area is 246 Å². The van der Waals surface area contributed by atoms with Gasteiger partial charge < -0.3 is 10.2 Å². The largest absolute Gasteiger partial charge is 0.433 e. The number of carbonyl (C=O) groups excluding carboxylic acids is 2. The van der Waals surface area contributed by atoms with Crippen molar-refractivity contribution >= 4 is 29.7 Å². The lowest BCUT2D eigenvalue weighted by Crippen LogP contribution is -2.53. The van der Waals surface area contributed by atoms with E-state index >= 15 is 0 Å². The fraction of sp³-hybridized carbons (Fsp3) is 0.433. The molecule has 3 fully saturated rings. The molecule has 224 valence electrons. The third-order valence-corrected chi connectivity index (χ3v) is 9.27. The smallest absolute Gasteiger partial charge is 0.339 e. The van der Waals surface area contributed by atoms with Gasteiger partial charge >= 0.3 is 6.18 Å². The van der Waals surface area contributed by atoms with Crippen LogP contribution in [0.2, 0.25) is 0 Å². The van der Waals surface area contributed by atoms with Crippen LogP contribution in [0.3, 0.4) is 0 Å². The number of piperidine rings is 1. The van der Waals surface area contributed by atoms with E-state index in [0.29, 0.717) is 43.2 Å². The van der Waals surface area contributed by atoms with E-state index in [1.165, 1.54) is 0 Å². The van der Waals surface area contributed by atoms with Crippen molar-refractivity contribution in [2.75, 3.05) is 11.9 Å². The number of aliphatic imine (C=N–C) groups is 2. The molecule has 1 aromatic carbocycles. The van der Waals surface area contributed by atoms with Gasteiger partial charge in [-0.15, -0.1) is 4.59 Å². The molecular formula is C30H32F3N8O2+. The third-order valence-electron chi connectivity index (χ3n) is 9.27. The van der Waals surface area contributed by atoms with Crippen molar-refractivity contribution < 1.29 is 27.4 Å². The number of amides is 2. The molecule has 5 aliphatic rings. The molecule has 0 radical (unpaired) electrons. The number of nitrogens with zero attached hydrogens (tertiary/aromatic N) is 6. The lowest BCUT2D eigenvalue weighted by atomic mass is 9.90. The zero-order valence-electron chi connectivity index (χ0n) is 23.4. The van der Waals surface area contributed by atoms with Crippen molar-refractivity contribution in [1.82, 2.24) is 14.7 Å². The molecule has 3 N–H and O–H groups in total. The summed E-state index contributed by atoms with van der Waals surface area (Å²) in [6.45, 7) is 0.600. The fourth-order valence-corrected chi connectivity index (χ4v) is 7.05. The molecule has 0 spiro atoms. The Hall–Kier alpha value is -4.10. The highest BCUT2D eigenvalue weighted by Gasteiger charge is 2.48. The molecule has 5 heterocycles. The number of rotatable bonds is 5. The zero-order chi connectivity index (χ0) is 29.9. The first-order chi connectivity index (χ1) is 20.6. The number of nitrogens with one attached hydrogen (secondary N) is 1. The van der Waals surface area contributed by atoms with E-state index in [9.17, 15) is 22.8 Å². The molecule has 2 amide bonds. The Kier molecular flexibility index (Phi) is 6.62. The minimum Gasteiger partial charge on any atom is -0.339 e. The summed E-state index contributed by atoms with van der Waals surface area (Å²) in [7, 11) is 0. The Balaban J connectivity index is 1.12. The molecule has 1 aromatic heterocycles. The van der Waals surface area contributed by atoms with Gasteiger partial charge in [0.25, 0.3) is 11.7 Å². The van der Waals surface area contributed by atoms with Gasteiger partial charge in [0.05, 0.1) is 24.0 Å². The molecule has 0 bridgehead atoms. The average molecular weight is 594 g/mol. The molecule has 2 saturated heterocycles. The first-order valence-electron chi connectivity index (χ1n) is 14.7. The van der Waals surface area contributed by atoms with Crippen molar-refractivity contribution in [2.45, 2.75) is 69.6 Å². The second-order valence-corrected chi connectivity index (χ2v) is 11.9. The molecule has 2 aromatic rings. The summed E-state index contributed by atoms with van der Waals surface area (Å²) in [5.74, 6) is 6.94. The van der Waals surface area contributed by atoms with Gasteiger partial charge in [0, 0.05) is 36.6 Å². The number of amidine groups is 1. The summed E-state index contributed by atoms with van der Waals surface area (Å²) in [6.07, 6.45) is 6.76. The molecule has 7 rings (SSSR count). The Bertz CT molecular complexity index is 1600. The molecule has 43 heavy (non-hydrogen) atoms. The van der Waals surface area contributed by atoms with Crippen LogP contribution in [0.15, 0.2) is 64.1 Å². The van der Waals surface area contributed by atoms with Crippen LogP contribution >= 0.6 is 0 Å². The SMILES string of the molecule is N[N+]12C=CN=CC1=C([C@@H]1CC[C@H]3CCC(=O)N3C1)N=C2c1ccc(C(=O)Nc2cc(C(F)(F)F)n(C3CCCC3)n2)cc1. The normalized spacial score (nSPS) is 27.1. The van der Waals surface area contributed by atoms with Gasteiger partial charge in [-0.3, -0.25) is 19.3 Å². The first kappa shape index (κ1) is 27.7. The van der Waals surface area contributed by atoms with Crippen LogP contribution in [0.1, 0.15) is 79.0 Å². The minimum absolute atomic E-state index is 0.0282. The van der Waals surface area contributed by atoms with Crippen molar-refractivity contribution in [3.05, 3.63) is 70.9 Å². The maximum Gasteiger partial charge on any atom is 0.433 e. The highest BCUT2D eigenvalue weighted by atomic mass is 19.4. The summed E-state index contributed by atoms with van der Waals surface area (Å²) in [5, 5.41) is 6.64. The monoisotopic (exact) mass is 593 g/mol. The lowest BCUT2D eigenvalue weighted by molar-refractivity contribution is -0.750. The number of anilines is 1. The van der Waals surface area contributed by atoms with Gasteiger partial charge in [-0.25, -0.2) is 0 Å². The second kappa shape index (κ2) is 10.3. The average Bonchev–Trinajstić information content (AvgIpc) is 3.78. The molecule has 1 saturated carbocycles. The van der Waals surface area contributed by atoms with Crippen LogP contribution in [-0.2, 0) is 11.0 Å². The Morgan fingerprint density at radius 1 is 1.05 bits per heavy atom. The number of nitrogens with two attached hydrogens (primary N) is 1. The Morgan fingerprint density at radius 3 is 2.56 bits per heavy atom. The molecule has 4 aliphatic heterocycles. The predicted octanol–water partition coefficient (Wildman–Crippen LogP) is 4.89. The van der Waals surface area contributed by atoms with E-state index in [2.05, 4.69) is 15.4 Å². The topological polar surface area (TPSA) is 118 Å². The van der Waals surface area contributed by atoms with Crippen molar-refractivity contribution in [2.24, 2.45) is 21.7 Å². The number of halogens is 3. The summed E-state index contributed by atoms with van der Waals surface area (Å²) >= 11 is 0. The van der Waals surface area contributed by atoms with E-state index in [1.54, 1.807) is 42.9 Å². The van der Waals surface area contributed by atoms with Crippen LogP contribution in [0.5, 0.6) is 0 Å². The molecule has 13 heteroatoms. The number of hydrogen-bond acceptors (Lipinski definition) is 6. The van der Waals surface area contributed by atoms with E-state index in [0.717, 1.165) is 54.2 Å². The first-order valence-corrected chi connectivity index (χ1v) is 14.7. The van der Waals surface area contributed by atoms with Gasteiger partial charge in [0.1, 0.15) is 17.6 Å². The fourth-order valence-electron chi connectivity index (χ4n) is 7.05. The van der Waals surface area contributed by atoms with E-state index in [-0.39, 0.29) is 33.8 Å². The number of aromatic nitrogens is 2. The van der Waals surface area contributed by atoms with Gasteiger partial charge in [0.2, 0.25) is 11.6 Å². The van der Waals surface area contributed by atoms with Crippen molar-refractivity contribution in [3.63, 3.8) is 0 Å². The van der Waals surface area contributed by atoms with Gasteiger partial charge in [0.15, 0.2) is 5.82 Å². The van der Waals surface area contributed by atoms with Gasteiger partial charge in [-0.2, -0.15) is 29.1 Å². The Morgan fingerprint density at radius 2 is 1.81 bits per heavy atom. The van der Waals surface area contributed by atoms with Gasteiger partial charge in [-0.1, -0.05) is 12.8 Å².